The molecule has 1 aliphatic rings. The average molecular weight is 494 g/mol. The summed E-state index contributed by atoms with van der Waals surface area (Å²) in [5.74, 6) is -0.246. The number of primary amides is 1. The molecule has 0 radical (unpaired) electrons. The lowest BCUT2D eigenvalue weighted by atomic mass is 9.72. The van der Waals surface area contributed by atoms with E-state index >= 15 is 0 Å². The van der Waals surface area contributed by atoms with Crippen LogP contribution < -0.4 is 16.4 Å². The second-order valence-electron chi connectivity index (χ2n) is 8.30. The highest BCUT2D eigenvalue weighted by Crippen LogP contribution is 2.44. The first-order valence-corrected chi connectivity index (χ1v) is 11.4. The number of nitrogens with one attached hydrogen (secondary N) is 2. The van der Waals surface area contributed by atoms with Crippen LogP contribution in [0.2, 0.25) is 0 Å². The minimum absolute atomic E-state index is 0.142. The quantitative estimate of drug-likeness (QED) is 0.531. The van der Waals surface area contributed by atoms with Gasteiger partial charge in [0.15, 0.2) is 5.11 Å². The Bertz CT molecular complexity index is 979. The van der Waals surface area contributed by atoms with E-state index in [0.29, 0.717) is 22.0 Å². The molecule has 0 saturated heterocycles. The summed E-state index contributed by atoms with van der Waals surface area (Å²) in [4.78, 5) is 25.7. The molecule has 3 rings (SSSR count). The summed E-state index contributed by atoms with van der Waals surface area (Å²) < 4.78 is 0.805. The molecule has 1 aromatic heterocycles. The largest absolute Gasteiger partial charge is 0.365 e. The molecule has 0 spiro atoms. The third-order valence-electron chi connectivity index (χ3n) is 5.28. The van der Waals surface area contributed by atoms with Crippen molar-refractivity contribution in [2.75, 3.05) is 5.32 Å². The minimum Gasteiger partial charge on any atom is -0.365 e. The predicted octanol–water partition coefficient (Wildman–Crippen LogP) is 4.89. The molecule has 0 unspecified atom stereocenters. The van der Waals surface area contributed by atoms with Gasteiger partial charge in [-0.05, 0) is 66.6 Å². The van der Waals surface area contributed by atoms with Gasteiger partial charge in [0.05, 0.1) is 5.56 Å². The standard InChI is InChI=1S/C21H24BrN3O2S2/c1-21(2,3)12-7-8-14-15(10-12)29-19(16(14)17(23)26)25-20(28)24-18(27)11-5-4-6-13(22)9-11/h4-6,9,12H,7-8,10H2,1-3H3,(H2,23,26)(H2,24,25,27,28)/t12-/m0/s1. The van der Waals surface area contributed by atoms with Gasteiger partial charge in [0.1, 0.15) is 5.00 Å². The van der Waals surface area contributed by atoms with E-state index in [0.717, 1.165) is 29.3 Å². The number of hydrogen-bond acceptors (Lipinski definition) is 4. The molecule has 5 nitrogen and oxygen atoms in total. The lowest BCUT2D eigenvalue weighted by Crippen LogP contribution is -2.34. The van der Waals surface area contributed by atoms with Crippen LogP contribution in [0.5, 0.6) is 0 Å². The van der Waals surface area contributed by atoms with Crippen LogP contribution in [-0.4, -0.2) is 16.9 Å². The van der Waals surface area contributed by atoms with Gasteiger partial charge in [-0.2, -0.15) is 0 Å². The summed E-state index contributed by atoms with van der Waals surface area (Å²) in [6, 6.07) is 7.03. The fourth-order valence-corrected chi connectivity index (χ4v) is 5.61. The molecule has 2 aromatic rings. The number of nitrogens with two attached hydrogens (primary N) is 1. The second-order valence-corrected chi connectivity index (χ2v) is 10.7. The van der Waals surface area contributed by atoms with Gasteiger partial charge in [0.25, 0.3) is 11.8 Å². The zero-order valence-electron chi connectivity index (χ0n) is 16.6. The molecule has 2 amide bonds. The molecule has 154 valence electrons. The predicted molar refractivity (Wildman–Crippen MR) is 126 cm³/mol. The Balaban J connectivity index is 1.79. The lowest BCUT2D eigenvalue weighted by Gasteiger charge is -2.33. The van der Waals surface area contributed by atoms with Gasteiger partial charge in [-0.1, -0.05) is 42.8 Å². The monoisotopic (exact) mass is 493 g/mol. The molecule has 8 heteroatoms. The van der Waals surface area contributed by atoms with E-state index < -0.39 is 5.91 Å². The van der Waals surface area contributed by atoms with Crippen molar-refractivity contribution in [1.82, 2.24) is 5.32 Å². The molecule has 0 aliphatic heterocycles. The third-order valence-corrected chi connectivity index (χ3v) is 7.14. The maximum atomic E-state index is 12.4. The molecule has 29 heavy (non-hydrogen) atoms. The Morgan fingerprint density at radius 3 is 2.66 bits per heavy atom. The summed E-state index contributed by atoms with van der Waals surface area (Å²) in [5, 5.41) is 6.44. The van der Waals surface area contributed by atoms with Crippen LogP contribution in [0.15, 0.2) is 28.7 Å². The minimum atomic E-state index is -0.472. The number of hydrogen-bond donors (Lipinski definition) is 3. The van der Waals surface area contributed by atoms with E-state index in [1.165, 1.54) is 16.2 Å². The summed E-state index contributed by atoms with van der Waals surface area (Å²) in [7, 11) is 0. The van der Waals surface area contributed by atoms with Gasteiger partial charge in [-0.3, -0.25) is 14.9 Å². The van der Waals surface area contributed by atoms with Crippen molar-refractivity contribution in [2.24, 2.45) is 17.1 Å². The zero-order chi connectivity index (χ0) is 21.3. The molecule has 1 aromatic carbocycles. The van der Waals surface area contributed by atoms with Gasteiger partial charge in [-0.25, -0.2) is 0 Å². The van der Waals surface area contributed by atoms with E-state index in [1.54, 1.807) is 18.2 Å². The zero-order valence-corrected chi connectivity index (χ0v) is 19.8. The molecule has 1 atom stereocenters. The van der Waals surface area contributed by atoms with Crippen LogP contribution in [0.1, 0.15) is 58.3 Å². The first kappa shape index (κ1) is 21.9. The fourth-order valence-electron chi connectivity index (χ4n) is 3.61. The Kier molecular flexibility index (Phi) is 6.45. The van der Waals surface area contributed by atoms with Gasteiger partial charge >= 0.3 is 0 Å². The highest BCUT2D eigenvalue weighted by molar-refractivity contribution is 9.10. The lowest BCUT2D eigenvalue weighted by molar-refractivity contribution is 0.0975. The van der Waals surface area contributed by atoms with Crippen molar-refractivity contribution in [3.8, 4) is 0 Å². The van der Waals surface area contributed by atoms with Crippen molar-refractivity contribution in [3.05, 3.63) is 50.3 Å². The van der Waals surface area contributed by atoms with E-state index in [9.17, 15) is 9.59 Å². The van der Waals surface area contributed by atoms with Gasteiger partial charge < -0.3 is 11.1 Å². The summed E-state index contributed by atoms with van der Waals surface area (Å²) in [5.41, 5.74) is 7.88. The molecule has 0 bridgehead atoms. The number of amides is 2. The van der Waals surface area contributed by atoms with E-state index in [2.05, 4.69) is 47.3 Å². The molecule has 1 heterocycles. The van der Waals surface area contributed by atoms with Gasteiger partial charge in [0, 0.05) is 14.9 Å². The maximum absolute atomic E-state index is 12.4. The topological polar surface area (TPSA) is 84.2 Å². The molecular formula is C21H24BrN3O2S2. The average Bonchev–Trinajstić information content (AvgIpc) is 2.97. The normalized spacial score (nSPS) is 16.1. The highest BCUT2D eigenvalue weighted by atomic mass is 79.9. The fraction of sp³-hybridized carbons (Fsp3) is 0.381. The Morgan fingerprint density at radius 1 is 1.31 bits per heavy atom. The number of halogens is 1. The number of benzene rings is 1. The number of fused-ring (bicyclic) bond motifs is 1. The van der Waals surface area contributed by atoms with Crippen molar-refractivity contribution in [2.45, 2.75) is 40.0 Å². The molecule has 4 N–H and O–H groups in total. The Labute approximate surface area is 188 Å². The van der Waals surface area contributed by atoms with Crippen LogP contribution in [-0.2, 0) is 12.8 Å². The Hall–Kier alpha value is -1.77. The third kappa shape index (κ3) is 5.05. The smallest absolute Gasteiger partial charge is 0.257 e. The molecule has 0 fully saturated rings. The van der Waals surface area contributed by atoms with Gasteiger partial charge in [0.2, 0.25) is 0 Å². The summed E-state index contributed by atoms with van der Waals surface area (Å²) in [6.07, 6.45) is 2.77. The molecule has 0 saturated carbocycles. The number of carbonyl (C=O) groups excluding carboxylic acids is 2. The Morgan fingerprint density at radius 2 is 2.03 bits per heavy atom. The van der Waals surface area contributed by atoms with Crippen LogP contribution in [0.4, 0.5) is 5.00 Å². The van der Waals surface area contributed by atoms with E-state index in [4.69, 9.17) is 18.0 Å². The number of rotatable bonds is 3. The number of thiophene rings is 1. The van der Waals surface area contributed by atoms with Crippen LogP contribution in [0.3, 0.4) is 0 Å². The van der Waals surface area contributed by atoms with Crippen LogP contribution >= 0.6 is 39.5 Å². The second kappa shape index (κ2) is 8.53. The van der Waals surface area contributed by atoms with Crippen molar-refractivity contribution in [1.29, 1.82) is 0 Å². The SMILES string of the molecule is CC(C)(C)[C@H]1CCc2c(sc(NC(=S)NC(=O)c3cccc(Br)c3)c2C(N)=O)C1. The highest BCUT2D eigenvalue weighted by Gasteiger charge is 2.33. The summed E-state index contributed by atoms with van der Waals surface area (Å²) >= 11 is 10.2. The number of thiocarbonyl (C=S) groups is 1. The first-order valence-electron chi connectivity index (χ1n) is 9.38. The summed E-state index contributed by atoms with van der Waals surface area (Å²) in [6.45, 7) is 6.74. The maximum Gasteiger partial charge on any atom is 0.257 e. The molecular weight excluding hydrogens is 470 g/mol. The molecule has 1 aliphatic carbocycles. The van der Waals surface area contributed by atoms with E-state index in [-0.39, 0.29) is 16.4 Å². The first-order chi connectivity index (χ1) is 13.6. The van der Waals surface area contributed by atoms with Crippen LogP contribution in [0.25, 0.3) is 0 Å². The van der Waals surface area contributed by atoms with Gasteiger partial charge in [-0.15, -0.1) is 11.3 Å². The van der Waals surface area contributed by atoms with E-state index in [1.807, 2.05) is 6.07 Å². The van der Waals surface area contributed by atoms with Crippen molar-refractivity contribution < 1.29 is 9.59 Å². The van der Waals surface area contributed by atoms with Crippen molar-refractivity contribution in [3.63, 3.8) is 0 Å². The number of carbonyl (C=O) groups is 2. The van der Waals surface area contributed by atoms with Crippen molar-refractivity contribution >= 4 is 61.4 Å². The number of anilines is 1. The van der Waals surface area contributed by atoms with Crippen LogP contribution in [0, 0.1) is 11.3 Å².